The zero-order chi connectivity index (χ0) is 38.8. The lowest BCUT2D eigenvalue weighted by molar-refractivity contribution is 0.455. The van der Waals surface area contributed by atoms with Crippen LogP contribution < -0.4 is 10.6 Å². The predicted octanol–water partition coefficient (Wildman–Crippen LogP) is 11.3. The Hall–Kier alpha value is -2.91. The fraction of sp³-hybridized carbons (Fsp3) is 0.310. The highest BCUT2D eigenvalue weighted by atomic mass is 32.2. The standard InChI is InChI=1S/C42H47N3O4P2S3/c1-26(43-23-7-10-39(50(46)47)51(48)49)27-11-17-32(18-12-27)54-40-28(13-21-37-41(2,3)33-24-30(52)15-19-35(33)44-37)8-6-9-29(40)14-22-38-42(4,5)34-25-31(53)16-20-36(34)45-38/h11-22,24-25,39,43,46-47H,1,6-10,23H2,2-5H3,(H3-,44,45,48,49,52,53)/p+1. The molecule has 3 aromatic carbocycles. The number of thioether (sulfide) groups is 1. The molecule has 12 heteroatoms. The number of fused-ring (bicyclic) bond motifs is 2. The van der Waals surface area contributed by atoms with Gasteiger partial charge in [-0.1, -0.05) is 70.3 Å². The van der Waals surface area contributed by atoms with Crippen LogP contribution in [0.2, 0.25) is 0 Å². The van der Waals surface area contributed by atoms with Crippen LogP contribution in [-0.2, 0) is 15.4 Å². The molecule has 2 heterocycles. The Balaban J connectivity index is 1.26. The molecule has 7 nitrogen and oxygen atoms in total. The number of nitrogens with one attached hydrogen (secondary N) is 2. The van der Waals surface area contributed by atoms with E-state index in [2.05, 4.69) is 143 Å². The van der Waals surface area contributed by atoms with E-state index in [0.29, 0.717) is 13.0 Å². The molecule has 54 heavy (non-hydrogen) atoms. The maximum absolute atomic E-state index is 11.4. The van der Waals surface area contributed by atoms with Gasteiger partial charge < -0.3 is 20.4 Å². The third kappa shape index (κ3) is 9.04. The quantitative estimate of drug-likeness (QED) is 0.0522. The molecule has 0 bridgehead atoms. The van der Waals surface area contributed by atoms with Crippen molar-refractivity contribution < 1.29 is 19.2 Å². The molecule has 282 valence electrons. The van der Waals surface area contributed by atoms with Crippen molar-refractivity contribution in [3.05, 3.63) is 130 Å². The third-order valence-electron chi connectivity index (χ3n) is 10.4. The van der Waals surface area contributed by atoms with E-state index in [0.717, 1.165) is 68.0 Å². The number of rotatable bonds is 13. The highest BCUT2D eigenvalue weighted by Gasteiger charge is 2.37. The zero-order valence-corrected chi connectivity index (χ0v) is 35.4. The Morgan fingerprint density at radius 1 is 1.00 bits per heavy atom. The molecule has 0 radical (unpaired) electrons. The van der Waals surface area contributed by atoms with Crippen LogP contribution in [0.1, 0.15) is 76.5 Å². The molecule has 2 aliphatic heterocycles. The van der Waals surface area contributed by atoms with Crippen molar-refractivity contribution in [1.82, 2.24) is 5.32 Å². The molecule has 3 aliphatic rings. The van der Waals surface area contributed by atoms with Crippen molar-refractivity contribution in [2.45, 2.75) is 90.7 Å². The minimum absolute atomic E-state index is 0.180. The Morgan fingerprint density at radius 3 is 2.41 bits per heavy atom. The van der Waals surface area contributed by atoms with Crippen LogP contribution in [-0.4, -0.2) is 32.3 Å². The van der Waals surface area contributed by atoms with Crippen LogP contribution in [0, 0.1) is 0 Å². The summed E-state index contributed by atoms with van der Waals surface area (Å²) in [7, 11) is -5.09. The van der Waals surface area contributed by atoms with E-state index in [9.17, 15) is 19.2 Å². The van der Waals surface area contributed by atoms with Crippen LogP contribution in [0.15, 0.2) is 133 Å². The number of hydrogen-bond acceptors (Lipinski definition) is 9. The van der Waals surface area contributed by atoms with E-state index in [-0.39, 0.29) is 17.3 Å². The van der Waals surface area contributed by atoms with Crippen LogP contribution in [0.3, 0.4) is 0 Å². The Labute approximate surface area is 336 Å². The number of aliphatic imine (C=N–C) groups is 1. The molecule has 3 aromatic rings. The maximum atomic E-state index is 11.4. The molecule has 2 atom stereocenters. The first-order valence-corrected chi connectivity index (χ1v) is 22.4. The Kier molecular flexibility index (Phi) is 12.9. The summed E-state index contributed by atoms with van der Waals surface area (Å²) in [6, 6.07) is 20.8. The van der Waals surface area contributed by atoms with E-state index in [1.165, 1.54) is 27.2 Å². The average molecular weight is 817 g/mol. The minimum Gasteiger partial charge on any atom is -0.385 e. The van der Waals surface area contributed by atoms with Gasteiger partial charge in [0.1, 0.15) is 0 Å². The Morgan fingerprint density at radius 2 is 1.70 bits per heavy atom. The molecular formula is C42H48N3O4P2S3+. The molecule has 0 amide bonds. The monoisotopic (exact) mass is 816 g/mol. The summed E-state index contributed by atoms with van der Waals surface area (Å²) in [5.74, 6) is 0. The molecule has 5 N–H and O–H groups in total. The first-order valence-electron chi connectivity index (χ1n) is 18.0. The molecule has 6 rings (SSSR count). The number of hydrogen-bond donors (Lipinski definition) is 7. The summed E-state index contributed by atoms with van der Waals surface area (Å²) in [5, 5.41) is 5.94. The molecule has 0 saturated carbocycles. The van der Waals surface area contributed by atoms with Gasteiger partial charge in [0.15, 0.2) is 0 Å². The van der Waals surface area contributed by atoms with Gasteiger partial charge in [0.25, 0.3) is 5.40 Å². The zero-order valence-electron chi connectivity index (χ0n) is 31.0. The summed E-state index contributed by atoms with van der Waals surface area (Å²) >= 11 is 11.0. The summed E-state index contributed by atoms with van der Waals surface area (Å²) < 4.78 is 11.4. The van der Waals surface area contributed by atoms with Gasteiger partial charge in [-0.2, -0.15) is 4.89 Å². The Bertz CT molecular complexity index is 2120. The summed E-state index contributed by atoms with van der Waals surface area (Å²) in [6.07, 6.45) is 12.8. The van der Waals surface area contributed by atoms with Gasteiger partial charge in [-0.3, -0.25) is 4.99 Å². The van der Waals surface area contributed by atoms with Gasteiger partial charge >= 0.3 is 8.03 Å². The predicted molar refractivity (Wildman–Crippen MR) is 234 cm³/mol. The molecule has 0 aromatic heterocycles. The van der Waals surface area contributed by atoms with Crippen LogP contribution in [0.5, 0.6) is 0 Å². The van der Waals surface area contributed by atoms with Crippen LogP contribution in [0.4, 0.5) is 11.4 Å². The minimum atomic E-state index is -2.64. The smallest absolute Gasteiger partial charge is 0.385 e. The number of nitrogens with zero attached hydrogens (tertiary/aromatic N) is 1. The van der Waals surface area contributed by atoms with Gasteiger partial charge in [0.05, 0.1) is 11.4 Å². The van der Waals surface area contributed by atoms with Crippen molar-refractivity contribution in [2.75, 3.05) is 11.9 Å². The molecule has 0 saturated heterocycles. The van der Waals surface area contributed by atoms with Crippen molar-refractivity contribution in [2.24, 2.45) is 4.99 Å². The number of thiol groups is 2. The fourth-order valence-corrected chi connectivity index (χ4v) is 10.2. The van der Waals surface area contributed by atoms with E-state index in [4.69, 9.17) is 4.99 Å². The first kappa shape index (κ1) is 40.7. The normalized spacial score (nSPS) is 19.6. The molecule has 0 fully saturated rings. The van der Waals surface area contributed by atoms with Gasteiger partial charge in [-0.25, -0.2) is 0 Å². The van der Waals surface area contributed by atoms with Gasteiger partial charge in [-0.05, 0) is 119 Å². The molecule has 2 unspecified atom stereocenters. The second-order valence-electron chi connectivity index (χ2n) is 14.9. The van der Waals surface area contributed by atoms with Crippen LogP contribution in [0.25, 0.3) is 5.70 Å². The highest BCUT2D eigenvalue weighted by molar-refractivity contribution is 8.03. The second kappa shape index (κ2) is 17.1. The summed E-state index contributed by atoms with van der Waals surface area (Å²) in [6.45, 7) is 13.6. The highest BCUT2D eigenvalue weighted by Crippen LogP contribution is 2.48. The van der Waals surface area contributed by atoms with Gasteiger partial charge in [-0.15, -0.1) is 25.3 Å². The number of anilines is 1. The van der Waals surface area contributed by atoms with Gasteiger partial charge in [0, 0.05) is 60.5 Å². The lowest BCUT2D eigenvalue weighted by Crippen LogP contribution is -2.23. The van der Waals surface area contributed by atoms with Crippen molar-refractivity contribution in [3.8, 4) is 0 Å². The van der Waals surface area contributed by atoms with E-state index < -0.39 is 21.8 Å². The van der Waals surface area contributed by atoms with Gasteiger partial charge in [0.2, 0.25) is 8.38 Å². The van der Waals surface area contributed by atoms with Crippen molar-refractivity contribution in [1.29, 1.82) is 0 Å². The lowest BCUT2D eigenvalue weighted by Gasteiger charge is -2.24. The lowest BCUT2D eigenvalue weighted by atomic mass is 9.81. The van der Waals surface area contributed by atoms with E-state index in [1.54, 1.807) is 11.8 Å². The topological polar surface area (TPSA) is 114 Å². The largest absolute Gasteiger partial charge is 0.518 e. The SMILES string of the molecule is C=C(NCCCC(P(O)O)[P+](=O)O)c1ccc(SC2=C(/C=C/C3=Nc4ccc(S)cc4C3(C)C)CCC/C2=C\C=C2\Nc3ccc(S)cc3C2(C)C)cc1. The fourth-order valence-electron chi connectivity index (χ4n) is 7.13. The second-order valence-corrected chi connectivity index (χ2v) is 19.9. The molecule has 1 aliphatic carbocycles. The molecular weight excluding hydrogens is 769 g/mol. The van der Waals surface area contributed by atoms with Crippen molar-refractivity contribution >= 4 is 76.2 Å². The average Bonchev–Trinajstić information content (AvgIpc) is 3.53. The summed E-state index contributed by atoms with van der Waals surface area (Å²) in [4.78, 5) is 37.5. The number of allylic oxidation sites excluding steroid dienone is 7. The number of benzene rings is 3. The van der Waals surface area contributed by atoms with E-state index in [1.807, 2.05) is 12.1 Å². The van der Waals surface area contributed by atoms with Crippen LogP contribution >= 0.6 is 53.4 Å². The third-order valence-corrected chi connectivity index (χ3v) is 15.0. The van der Waals surface area contributed by atoms with Crippen molar-refractivity contribution in [3.63, 3.8) is 0 Å². The van der Waals surface area contributed by atoms with E-state index >= 15 is 0 Å². The first-order chi connectivity index (χ1) is 25.6. The summed E-state index contributed by atoms with van der Waals surface area (Å²) in [5.41, 5.74) is 10.6. The molecule has 0 spiro atoms. The maximum Gasteiger partial charge on any atom is 0.518 e.